The molecule has 0 radical (unpaired) electrons. The van der Waals surface area contributed by atoms with E-state index in [1.807, 2.05) is 0 Å². The van der Waals surface area contributed by atoms with Crippen LogP contribution in [-0.2, 0) is 0 Å². The molecule has 2 rings (SSSR count). The van der Waals surface area contributed by atoms with E-state index in [0.29, 0.717) is 0 Å². The summed E-state index contributed by atoms with van der Waals surface area (Å²) < 4.78 is 0. The third-order valence-corrected chi connectivity index (χ3v) is 4.19. The van der Waals surface area contributed by atoms with Crippen molar-refractivity contribution in [2.24, 2.45) is 5.92 Å². The number of terminal acetylenes is 1. The van der Waals surface area contributed by atoms with E-state index >= 15 is 0 Å². The molecule has 0 saturated carbocycles. The van der Waals surface area contributed by atoms with E-state index < -0.39 is 0 Å². The Balaban J connectivity index is 1.71. The van der Waals surface area contributed by atoms with Gasteiger partial charge in [0.2, 0.25) is 0 Å². The monoisotopic (exact) mass is 220 g/mol. The fourth-order valence-electron chi connectivity index (χ4n) is 3.25. The van der Waals surface area contributed by atoms with Crippen LogP contribution in [0.1, 0.15) is 39.0 Å². The van der Waals surface area contributed by atoms with Gasteiger partial charge in [-0.3, -0.25) is 4.90 Å². The molecule has 2 unspecified atom stereocenters. The Morgan fingerprint density at radius 2 is 2.00 bits per heavy atom. The van der Waals surface area contributed by atoms with Crippen LogP contribution >= 0.6 is 0 Å². The largest absolute Gasteiger partial charge is 0.311 e. The highest BCUT2D eigenvalue weighted by atomic mass is 15.1. The van der Waals surface area contributed by atoms with E-state index in [9.17, 15) is 0 Å². The molecule has 1 N–H and O–H groups in total. The maximum atomic E-state index is 5.37. The third-order valence-electron chi connectivity index (χ3n) is 4.19. The average molecular weight is 220 g/mol. The second-order valence-corrected chi connectivity index (χ2v) is 5.34. The summed E-state index contributed by atoms with van der Waals surface area (Å²) in [5.74, 6) is 3.69. The minimum atomic E-state index is 0.814. The summed E-state index contributed by atoms with van der Waals surface area (Å²) in [5.41, 5.74) is 0. The van der Waals surface area contributed by atoms with Gasteiger partial charge >= 0.3 is 0 Å². The summed E-state index contributed by atoms with van der Waals surface area (Å²) in [6.45, 7) is 5.28. The quantitative estimate of drug-likeness (QED) is 0.712. The van der Waals surface area contributed by atoms with Crippen LogP contribution in [0.5, 0.6) is 0 Å². The molecule has 2 saturated heterocycles. The second-order valence-electron chi connectivity index (χ2n) is 5.34. The zero-order valence-electron chi connectivity index (χ0n) is 10.4. The fraction of sp³-hybridized carbons (Fsp3) is 0.857. The first-order valence-corrected chi connectivity index (χ1v) is 6.73. The number of nitrogens with one attached hydrogen (secondary N) is 1. The predicted molar refractivity (Wildman–Crippen MR) is 68.2 cm³/mol. The van der Waals surface area contributed by atoms with Gasteiger partial charge in [0.05, 0.1) is 6.54 Å². The highest BCUT2D eigenvalue weighted by Gasteiger charge is 2.33. The van der Waals surface area contributed by atoms with Crippen LogP contribution in [0.15, 0.2) is 0 Å². The van der Waals surface area contributed by atoms with E-state index in [1.54, 1.807) is 0 Å². The molecule has 2 heterocycles. The van der Waals surface area contributed by atoms with Crippen LogP contribution in [0, 0.1) is 18.3 Å². The average Bonchev–Trinajstić information content (AvgIpc) is 2.64. The standard InChI is InChI=1S/C14H24N2/c1-3-8-16(4-2)9-7-12-10-13-5-6-14(11-12)15-13/h1,12-15H,4-11H2,2H3. The Labute approximate surface area is 99.8 Å². The van der Waals surface area contributed by atoms with Gasteiger partial charge in [0.1, 0.15) is 0 Å². The zero-order chi connectivity index (χ0) is 11.4. The number of rotatable bonds is 5. The van der Waals surface area contributed by atoms with Crippen molar-refractivity contribution in [3.8, 4) is 12.3 Å². The lowest BCUT2D eigenvalue weighted by molar-refractivity contribution is 0.237. The van der Waals surface area contributed by atoms with E-state index in [0.717, 1.165) is 31.1 Å². The molecule has 0 amide bonds. The van der Waals surface area contributed by atoms with Crippen molar-refractivity contribution in [1.29, 1.82) is 0 Å². The van der Waals surface area contributed by atoms with Crippen LogP contribution in [0.25, 0.3) is 0 Å². The second kappa shape index (κ2) is 5.70. The van der Waals surface area contributed by atoms with Crippen molar-refractivity contribution in [1.82, 2.24) is 10.2 Å². The van der Waals surface area contributed by atoms with Gasteiger partial charge in [-0.2, -0.15) is 0 Å². The number of nitrogens with zero attached hydrogens (tertiary/aromatic N) is 1. The molecule has 2 fully saturated rings. The highest BCUT2D eigenvalue weighted by molar-refractivity contribution is 4.92. The topological polar surface area (TPSA) is 15.3 Å². The molecule has 2 heteroatoms. The van der Waals surface area contributed by atoms with Gasteiger partial charge < -0.3 is 5.32 Å². The first kappa shape index (κ1) is 12.0. The van der Waals surface area contributed by atoms with Crippen molar-refractivity contribution in [3.63, 3.8) is 0 Å². The minimum Gasteiger partial charge on any atom is -0.311 e. The molecule has 0 aromatic rings. The fourth-order valence-corrected chi connectivity index (χ4v) is 3.25. The van der Waals surface area contributed by atoms with E-state index in [1.165, 1.54) is 38.6 Å². The maximum Gasteiger partial charge on any atom is 0.0598 e. The smallest absolute Gasteiger partial charge is 0.0598 e. The van der Waals surface area contributed by atoms with Crippen molar-refractivity contribution in [2.45, 2.75) is 51.1 Å². The van der Waals surface area contributed by atoms with E-state index in [4.69, 9.17) is 6.42 Å². The van der Waals surface area contributed by atoms with Crippen LogP contribution in [0.3, 0.4) is 0 Å². The van der Waals surface area contributed by atoms with Gasteiger partial charge in [-0.05, 0) is 51.1 Å². The van der Waals surface area contributed by atoms with Gasteiger partial charge in [-0.1, -0.05) is 12.8 Å². The third kappa shape index (κ3) is 2.99. The lowest BCUT2D eigenvalue weighted by Gasteiger charge is -2.30. The number of fused-ring (bicyclic) bond motifs is 2. The SMILES string of the molecule is C#CCN(CC)CCC1CC2CCC(C1)N2. The first-order chi connectivity index (χ1) is 7.81. The van der Waals surface area contributed by atoms with Crippen molar-refractivity contribution >= 4 is 0 Å². The Hall–Kier alpha value is -0.520. The number of hydrogen-bond donors (Lipinski definition) is 1. The van der Waals surface area contributed by atoms with Crippen LogP contribution < -0.4 is 5.32 Å². The highest BCUT2D eigenvalue weighted by Crippen LogP contribution is 2.32. The van der Waals surface area contributed by atoms with Gasteiger partial charge in [0, 0.05) is 12.1 Å². The molecule has 2 atom stereocenters. The van der Waals surface area contributed by atoms with Gasteiger partial charge in [0.25, 0.3) is 0 Å². The molecule has 2 aliphatic rings. The van der Waals surface area contributed by atoms with Gasteiger partial charge in [0.15, 0.2) is 0 Å². The Bertz CT molecular complexity index is 244. The van der Waals surface area contributed by atoms with Crippen LogP contribution in [0.2, 0.25) is 0 Å². The van der Waals surface area contributed by atoms with E-state index in [-0.39, 0.29) is 0 Å². The number of hydrogen-bond acceptors (Lipinski definition) is 2. The molecule has 0 aliphatic carbocycles. The summed E-state index contributed by atoms with van der Waals surface area (Å²) in [6.07, 6.45) is 12.3. The predicted octanol–water partition coefficient (Wildman–Crippen LogP) is 1.86. The van der Waals surface area contributed by atoms with Gasteiger partial charge in [-0.25, -0.2) is 0 Å². The minimum absolute atomic E-state index is 0.814. The summed E-state index contributed by atoms with van der Waals surface area (Å²) in [7, 11) is 0. The molecule has 16 heavy (non-hydrogen) atoms. The lowest BCUT2D eigenvalue weighted by Crippen LogP contribution is -2.39. The molecule has 0 spiro atoms. The summed E-state index contributed by atoms with van der Waals surface area (Å²) in [4.78, 5) is 2.38. The zero-order valence-corrected chi connectivity index (χ0v) is 10.4. The molecule has 2 nitrogen and oxygen atoms in total. The summed E-state index contributed by atoms with van der Waals surface area (Å²) in [6, 6.07) is 1.65. The van der Waals surface area contributed by atoms with Gasteiger partial charge in [-0.15, -0.1) is 6.42 Å². The van der Waals surface area contributed by atoms with Crippen molar-refractivity contribution < 1.29 is 0 Å². The Morgan fingerprint density at radius 3 is 2.56 bits per heavy atom. The summed E-state index contributed by atoms with van der Waals surface area (Å²) in [5, 5.41) is 3.70. The molecular formula is C14H24N2. The van der Waals surface area contributed by atoms with Crippen molar-refractivity contribution in [2.75, 3.05) is 19.6 Å². The Morgan fingerprint density at radius 1 is 1.31 bits per heavy atom. The van der Waals surface area contributed by atoms with Crippen LogP contribution in [0.4, 0.5) is 0 Å². The first-order valence-electron chi connectivity index (χ1n) is 6.73. The van der Waals surface area contributed by atoms with Crippen molar-refractivity contribution in [3.05, 3.63) is 0 Å². The van der Waals surface area contributed by atoms with E-state index in [2.05, 4.69) is 23.1 Å². The maximum absolute atomic E-state index is 5.37. The lowest BCUT2D eigenvalue weighted by atomic mass is 9.89. The molecule has 90 valence electrons. The molecule has 0 aromatic carbocycles. The molecular weight excluding hydrogens is 196 g/mol. The Kier molecular flexibility index (Phi) is 4.26. The molecule has 2 aliphatic heterocycles. The molecule has 0 aromatic heterocycles. The molecule has 2 bridgehead atoms. The summed E-state index contributed by atoms with van der Waals surface area (Å²) >= 11 is 0. The normalized spacial score (nSPS) is 32.9. The van der Waals surface area contributed by atoms with Crippen LogP contribution in [-0.4, -0.2) is 36.6 Å². The number of piperidine rings is 1.